The molecule has 0 radical (unpaired) electrons. The first-order valence-corrected chi connectivity index (χ1v) is 7.60. The van der Waals surface area contributed by atoms with Crippen LogP contribution < -0.4 is 0 Å². The predicted octanol–water partition coefficient (Wildman–Crippen LogP) is 3.06. The molecule has 1 aromatic rings. The summed E-state index contributed by atoms with van der Waals surface area (Å²) < 4.78 is 5.93. The van der Waals surface area contributed by atoms with Crippen LogP contribution in [0, 0.1) is 6.92 Å². The number of hydrogen-bond acceptors (Lipinski definition) is 3. The maximum Gasteiger partial charge on any atom is 0.312 e. The molecule has 0 aliphatic carbocycles. The van der Waals surface area contributed by atoms with E-state index in [-0.39, 0.29) is 11.7 Å². The molecular formula is C17H23NO2. The Hall–Kier alpha value is -1.35. The summed E-state index contributed by atoms with van der Waals surface area (Å²) in [6.07, 6.45) is 5.94. The molecule has 3 nitrogen and oxygen atoms in total. The summed E-state index contributed by atoms with van der Waals surface area (Å²) >= 11 is 0. The van der Waals surface area contributed by atoms with E-state index in [9.17, 15) is 4.79 Å². The lowest BCUT2D eigenvalue weighted by atomic mass is 10.00. The van der Waals surface area contributed by atoms with Crippen LogP contribution in [0.3, 0.4) is 0 Å². The van der Waals surface area contributed by atoms with Crippen LogP contribution in [0.2, 0.25) is 0 Å². The van der Waals surface area contributed by atoms with Gasteiger partial charge in [-0.05, 0) is 44.4 Å². The van der Waals surface area contributed by atoms with Crippen molar-refractivity contribution in [3.05, 3.63) is 35.4 Å². The van der Waals surface area contributed by atoms with Gasteiger partial charge in [-0.15, -0.1) is 0 Å². The van der Waals surface area contributed by atoms with Crippen LogP contribution in [0.5, 0.6) is 0 Å². The van der Waals surface area contributed by atoms with Crippen LogP contribution in [0.1, 0.15) is 43.2 Å². The van der Waals surface area contributed by atoms with E-state index in [1.54, 1.807) is 0 Å². The number of esters is 1. The lowest BCUT2D eigenvalue weighted by molar-refractivity contribution is -0.184. The normalized spacial score (nSPS) is 29.4. The van der Waals surface area contributed by atoms with E-state index < -0.39 is 0 Å². The lowest BCUT2D eigenvalue weighted by Crippen LogP contribution is -2.50. The maximum absolute atomic E-state index is 12.3. The van der Waals surface area contributed by atoms with E-state index in [2.05, 4.69) is 11.9 Å². The van der Waals surface area contributed by atoms with Gasteiger partial charge >= 0.3 is 5.97 Å². The number of piperidine rings is 1. The van der Waals surface area contributed by atoms with Gasteiger partial charge in [-0.3, -0.25) is 9.69 Å². The topological polar surface area (TPSA) is 29.5 Å². The van der Waals surface area contributed by atoms with E-state index in [1.807, 2.05) is 31.2 Å². The molecule has 20 heavy (non-hydrogen) atoms. The Bertz CT molecular complexity index is 509. The van der Waals surface area contributed by atoms with E-state index >= 15 is 0 Å². The van der Waals surface area contributed by atoms with Crippen LogP contribution in [0.15, 0.2) is 24.3 Å². The summed E-state index contributed by atoms with van der Waals surface area (Å²) in [4.78, 5) is 14.6. The van der Waals surface area contributed by atoms with Crippen molar-refractivity contribution in [2.45, 2.75) is 57.2 Å². The van der Waals surface area contributed by atoms with Gasteiger partial charge in [0.1, 0.15) is 0 Å². The first-order chi connectivity index (χ1) is 9.61. The predicted molar refractivity (Wildman–Crippen MR) is 78.3 cm³/mol. The molecule has 0 saturated carbocycles. The number of carbonyl (C=O) groups excluding carboxylic acids is 1. The van der Waals surface area contributed by atoms with Crippen LogP contribution in [0.25, 0.3) is 0 Å². The largest absolute Gasteiger partial charge is 0.443 e. The number of fused-ring (bicyclic) bond motifs is 2. The number of benzene rings is 1. The van der Waals surface area contributed by atoms with Crippen molar-refractivity contribution in [2.75, 3.05) is 7.05 Å². The molecule has 2 saturated heterocycles. The van der Waals surface area contributed by atoms with E-state index in [4.69, 9.17) is 4.74 Å². The number of rotatable bonds is 3. The molecule has 1 aromatic carbocycles. The highest BCUT2D eigenvalue weighted by Gasteiger charge is 2.49. The molecule has 0 N–H and O–H groups in total. The molecular weight excluding hydrogens is 250 g/mol. The van der Waals surface area contributed by atoms with Crippen molar-refractivity contribution in [2.24, 2.45) is 0 Å². The molecule has 2 heterocycles. The van der Waals surface area contributed by atoms with Crippen LogP contribution in [0.4, 0.5) is 0 Å². The molecule has 0 amide bonds. The molecule has 3 rings (SSSR count). The smallest absolute Gasteiger partial charge is 0.312 e. The Kier molecular flexibility index (Phi) is 3.55. The molecule has 0 aromatic heterocycles. The van der Waals surface area contributed by atoms with Gasteiger partial charge in [0.2, 0.25) is 0 Å². The zero-order valence-electron chi connectivity index (χ0n) is 12.4. The summed E-state index contributed by atoms with van der Waals surface area (Å²) in [6, 6.07) is 8.64. The lowest BCUT2D eigenvalue weighted by Gasteiger charge is -2.41. The van der Waals surface area contributed by atoms with Gasteiger partial charge in [0.25, 0.3) is 0 Å². The van der Waals surface area contributed by atoms with Crippen LogP contribution in [-0.4, -0.2) is 29.7 Å². The van der Waals surface area contributed by atoms with Crippen molar-refractivity contribution in [3.63, 3.8) is 0 Å². The second-order valence-corrected chi connectivity index (χ2v) is 6.22. The molecule has 2 fully saturated rings. The fourth-order valence-corrected chi connectivity index (χ4v) is 3.73. The highest BCUT2D eigenvalue weighted by molar-refractivity contribution is 5.73. The van der Waals surface area contributed by atoms with Gasteiger partial charge in [-0.1, -0.05) is 24.3 Å². The van der Waals surface area contributed by atoms with E-state index in [1.165, 1.54) is 12.8 Å². The fourth-order valence-electron chi connectivity index (χ4n) is 3.73. The average molecular weight is 273 g/mol. The number of nitrogens with zero attached hydrogens (tertiary/aromatic N) is 1. The zero-order chi connectivity index (χ0) is 14.2. The number of carbonyl (C=O) groups is 1. The third kappa shape index (κ3) is 2.35. The quantitative estimate of drug-likeness (QED) is 0.793. The minimum Gasteiger partial charge on any atom is -0.443 e. The first-order valence-electron chi connectivity index (χ1n) is 7.60. The molecule has 2 aliphatic rings. The van der Waals surface area contributed by atoms with Crippen molar-refractivity contribution in [1.82, 2.24) is 4.90 Å². The van der Waals surface area contributed by atoms with Crippen LogP contribution in [-0.2, 0) is 16.0 Å². The van der Waals surface area contributed by atoms with Gasteiger partial charge in [-0.25, -0.2) is 0 Å². The molecule has 2 atom stereocenters. The van der Waals surface area contributed by atoms with E-state index in [0.29, 0.717) is 12.5 Å². The summed E-state index contributed by atoms with van der Waals surface area (Å²) in [5, 5.41) is 0. The molecule has 2 aliphatic heterocycles. The standard InChI is InChI=1S/C17H23NO2/c1-13-6-3-4-7-14(13)12-16(19)20-17-10-5-8-15(9-11-17)18(17)2/h3-4,6-7,15H,5,8-12H2,1-2H3/t15-,17-/m1/s1. The monoisotopic (exact) mass is 273 g/mol. The third-order valence-electron chi connectivity index (χ3n) is 5.06. The maximum atomic E-state index is 12.3. The Morgan fingerprint density at radius 3 is 2.95 bits per heavy atom. The van der Waals surface area contributed by atoms with E-state index in [0.717, 1.165) is 30.4 Å². The molecule has 108 valence electrons. The second kappa shape index (κ2) is 5.21. The Labute approximate surface area is 120 Å². The van der Waals surface area contributed by atoms with Gasteiger partial charge in [0, 0.05) is 18.9 Å². The highest BCUT2D eigenvalue weighted by atomic mass is 16.6. The minimum absolute atomic E-state index is 0.0892. The van der Waals surface area contributed by atoms with Crippen molar-refractivity contribution in [1.29, 1.82) is 0 Å². The van der Waals surface area contributed by atoms with Gasteiger partial charge in [-0.2, -0.15) is 0 Å². The van der Waals surface area contributed by atoms with Crippen molar-refractivity contribution in [3.8, 4) is 0 Å². The molecule has 0 unspecified atom stereocenters. The van der Waals surface area contributed by atoms with Gasteiger partial charge in [0.05, 0.1) is 6.42 Å². The highest BCUT2D eigenvalue weighted by Crippen LogP contribution is 2.43. The number of aryl methyl sites for hydroxylation is 1. The molecule has 3 heteroatoms. The fraction of sp³-hybridized carbons (Fsp3) is 0.588. The Morgan fingerprint density at radius 2 is 2.15 bits per heavy atom. The molecule has 0 spiro atoms. The zero-order valence-corrected chi connectivity index (χ0v) is 12.4. The average Bonchev–Trinajstić information content (AvgIpc) is 2.62. The second-order valence-electron chi connectivity index (χ2n) is 6.22. The third-order valence-corrected chi connectivity index (χ3v) is 5.06. The van der Waals surface area contributed by atoms with Crippen molar-refractivity contribution < 1.29 is 9.53 Å². The summed E-state index contributed by atoms with van der Waals surface area (Å²) in [7, 11) is 2.11. The van der Waals surface area contributed by atoms with Gasteiger partial charge < -0.3 is 4.74 Å². The minimum atomic E-state index is -0.317. The van der Waals surface area contributed by atoms with Crippen LogP contribution >= 0.6 is 0 Å². The summed E-state index contributed by atoms with van der Waals surface area (Å²) in [5.74, 6) is -0.0892. The van der Waals surface area contributed by atoms with Crippen molar-refractivity contribution >= 4 is 5.97 Å². The number of hydrogen-bond donors (Lipinski definition) is 0. The summed E-state index contributed by atoms with van der Waals surface area (Å²) in [5.41, 5.74) is 1.91. The number of ether oxygens (including phenoxy) is 1. The SMILES string of the molecule is Cc1ccccc1CC(=O)O[C@]12CCC[C@H](CC1)N2C. The Balaban J connectivity index is 1.69. The molecule has 2 bridgehead atoms. The first kappa shape index (κ1) is 13.6. The van der Waals surface area contributed by atoms with Gasteiger partial charge in [0.15, 0.2) is 5.72 Å². The summed E-state index contributed by atoms with van der Waals surface area (Å²) in [6.45, 7) is 2.04. The Morgan fingerprint density at radius 1 is 1.35 bits per heavy atom.